The molecular weight excluding hydrogens is 244 g/mol. The van der Waals surface area contributed by atoms with Crippen molar-refractivity contribution < 1.29 is 8.78 Å². The molecule has 2 rings (SSSR count). The van der Waals surface area contributed by atoms with E-state index in [1.54, 1.807) is 0 Å². The first-order chi connectivity index (χ1) is 9.15. The number of nitrogens with zero attached hydrogens (tertiary/aromatic N) is 1. The molecule has 0 radical (unpaired) electrons. The minimum Gasteiger partial charge on any atom is -0.298 e. The number of halogens is 2. The summed E-state index contributed by atoms with van der Waals surface area (Å²) in [6.07, 6.45) is -0.211. The lowest BCUT2D eigenvalue weighted by Crippen LogP contribution is -2.36. The highest BCUT2D eigenvalue weighted by Crippen LogP contribution is 2.28. The fourth-order valence-electron chi connectivity index (χ4n) is 2.48. The molecule has 1 aliphatic rings. The van der Waals surface area contributed by atoms with Crippen LogP contribution < -0.4 is 0 Å². The Morgan fingerprint density at radius 2 is 1.63 bits per heavy atom. The Labute approximate surface area is 115 Å². The van der Waals surface area contributed by atoms with Crippen LogP contribution in [0.1, 0.15) is 43.7 Å². The van der Waals surface area contributed by atoms with Crippen LogP contribution >= 0.6 is 0 Å². The van der Waals surface area contributed by atoms with E-state index < -0.39 is 6.43 Å². The summed E-state index contributed by atoms with van der Waals surface area (Å²) >= 11 is 0. The Balaban J connectivity index is 0.000000861. The Bertz CT molecular complexity index is 340. The molecule has 0 bridgehead atoms. The van der Waals surface area contributed by atoms with Crippen LogP contribution in [0.2, 0.25) is 0 Å². The molecule has 1 aromatic carbocycles. The Hall–Kier alpha value is -0.960. The first-order valence-corrected chi connectivity index (χ1v) is 7.22. The molecule has 1 nitrogen and oxygen atoms in total. The van der Waals surface area contributed by atoms with Gasteiger partial charge in [0.25, 0.3) is 6.43 Å². The molecule has 1 aromatic rings. The predicted octanol–water partition coefficient (Wildman–Crippen LogP) is 4.47. The summed E-state index contributed by atoms with van der Waals surface area (Å²) in [5.41, 5.74) is 2.62. The zero-order valence-electron chi connectivity index (χ0n) is 12.2. The van der Waals surface area contributed by atoms with Crippen molar-refractivity contribution in [1.29, 1.82) is 0 Å². The fraction of sp³-hybridized carbons (Fsp3) is 0.625. The van der Waals surface area contributed by atoms with Crippen LogP contribution in [-0.2, 0) is 0 Å². The van der Waals surface area contributed by atoms with E-state index in [2.05, 4.69) is 31.2 Å². The zero-order valence-corrected chi connectivity index (χ0v) is 12.2. The fourth-order valence-corrected chi connectivity index (χ4v) is 2.48. The van der Waals surface area contributed by atoms with Gasteiger partial charge in [0.15, 0.2) is 0 Å². The number of rotatable bonds is 3. The predicted molar refractivity (Wildman–Crippen MR) is 76.9 cm³/mol. The molecule has 1 heterocycles. The van der Waals surface area contributed by atoms with Crippen molar-refractivity contribution in [2.75, 3.05) is 19.6 Å². The van der Waals surface area contributed by atoms with Crippen LogP contribution in [-0.4, -0.2) is 31.0 Å². The first kappa shape index (κ1) is 16.1. The molecular formula is C16H25F2N. The number of piperidine rings is 1. The molecule has 0 unspecified atom stereocenters. The van der Waals surface area contributed by atoms with E-state index in [1.165, 1.54) is 11.1 Å². The number of likely N-dealkylation sites (tertiary alicyclic amines) is 1. The number of alkyl halides is 2. The lowest BCUT2D eigenvalue weighted by Gasteiger charge is -2.31. The standard InChI is InChI=1S/C14H19F2N.C2H6/c1-11-2-4-12(5-3-11)13-6-8-17(9-7-13)10-14(15)16;1-2/h2-5,13-14H,6-10H2,1H3;1-2H3. The van der Waals surface area contributed by atoms with Crippen molar-refractivity contribution in [3.8, 4) is 0 Å². The van der Waals surface area contributed by atoms with Gasteiger partial charge in [-0.1, -0.05) is 43.7 Å². The van der Waals surface area contributed by atoms with E-state index >= 15 is 0 Å². The maximum absolute atomic E-state index is 12.2. The molecule has 0 atom stereocenters. The van der Waals surface area contributed by atoms with Crippen LogP contribution in [0.3, 0.4) is 0 Å². The summed E-state index contributed by atoms with van der Waals surface area (Å²) in [7, 11) is 0. The molecule has 1 fully saturated rings. The topological polar surface area (TPSA) is 3.24 Å². The van der Waals surface area contributed by atoms with Crippen LogP contribution in [0.15, 0.2) is 24.3 Å². The molecule has 0 aliphatic carbocycles. The average molecular weight is 269 g/mol. The van der Waals surface area contributed by atoms with E-state index in [1.807, 2.05) is 18.7 Å². The largest absolute Gasteiger partial charge is 0.298 e. The molecule has 19 heavy (non-hydrogen) atoms. The molecule has 0 saturated carbocycles. The quantitative estimate of drug-likeness (QED) is 0.782. The third kappa shape index (κ3) is 5.27. The minimum atomic E-state index is -2.20. The maximum Gasteiger partial charge on any atom is 0.251 e. The molecule has 0 amide bonds. The molecule has 3 heteroatoms. The van der Waals surface area contributed by atoms with E-state index in [0.29, 0.717) is 5.92 Å². The van der Waals surface area contributed by atoms with Gasteiger partial charge in [0.05, 0.1) is 6.54 Å². The van der Waals surface area contributed by atoms with Gasteiger partial charge in [-0.05, 0) is 44.3 Å². The molecule has 0 aromatic heterocycles. The van der Waals surface area contributed by atoms with Gasteiger partial charge in [0, 0.05) is 0 Å². The van der Waals surface area contributed by atoms with Crippen molar-refractivity contribution in [2.45, 2.75) is 46.0 Å². The zero-order chi connectivity index (χ0) is 14.3. The molecule has 108 valence electrons. The number of hydrogen-bond donors (Lipinski definition) is 0. The first-order valence-electron chi connectivity index (χ1n) is 7.22. The van der Waals surface area contributed by atoms with Gasteiger partial charge >= 0.3 is 0 Å². The van der Waals surface area contributed by atoms with Crippen LogP contribution in [0.4, 0.5) is 8.78 Å². The van der Waals surface area contributed by atoms with E-state index in [4.69, 9.17) is 0 Å². The van der Waals surface area contributed by atoms with Crippen molar-refractivity contribution in [1.82, 2.24) is 4.90 Å². The third-order valence-corrected chi connectivity index (χ3v) is 3.53. The van der Waals surface area contributed by atoms with E-state index in [-0.39, 0.29) is 6.54 Å². The van der Waals surface area contributed by atoms with E-state index in [0.717, 1.165) is 25.9 Å². The highest BCUT2D eigenvalue weighted by atomic mass is 19.3. The average Bonchev–Trinajstić information content (AvgIpc) is 2.42. The summed E-state index contributed by atoms with van der Waals surface area (Å²) in [4.78, 5) is 1.87. The Morgan fingerprint density at radius 1 is 1.11 bits per heavy atom. The second-order valence-electron chi connectivity index (χ2n) is 4.88. The normalized spacial score (nSPS) is 17.2. The second-order valence-corrected chi connectivity index (χ2v) is 4.88. The summed E-state index contributed by atoms with van der Waals surface area (Å²) in [5.74, 6) is 0.546. The smallest absolute Gasteiger partial charge is 0.251 e. The SMILES string of the molecule is CC.Cc1ccc(C2CCN(CC(F)F)CC2)cc1. The van der Waals surface area contributed by atoms with Crippen LogP contribution in [0, 0.1) is 6.92 Å². The van der Waals surface area contributed by atoms with Crippen molar-refractivity contribution in [3.63, 3.8) is 0 Å². The second kappa shape index (κ2) is 8.26. The summed E-state index contributed by atoms with van der Waals surface area (Å²) in [6.45, 7) is 7.60. The summed E-state index contributed by atoms with van der Waals surface area (Å²) in [5, 5.41) is 0. The van der Waals surface area contributed by atoms with Gasteiger partial charge in [-0.3, -0.25) is 4.90 Å². The highest BCUT2D eigenvalue weighted by molar-refractivity contribution is 5.24. The number of benzene rings is 1. The van der Waals surface area contributed by atoms with Crippen molar-refractivity contribution >= 4 is 0 Å². The lowest BCUT2D eigenvalue weighted by molar-refractivity contribution is 0.0754. The van der Waals surface area contributed by atoms with Gasteiger partial charge in [-0.15, -0.1) is 0 Å². The van der Waals surface area contributed by atoms with Gasteiger partial charge in [-0.25, -0.2) is 8.78 Å². The Kier molecular flexibility index (Phi) is 7.00. The lowest BCUT2D eigenvalue weighted by atomic mass is 9.89. The monoisotopic (exact) mass is 269 g/mol. The molecule has 0 N–H and O–H groups in total. The third-order valence-electron chi connectivity index (χ3n) is 3.53. The van der Waals surface area contributed by atoms with Gasteiger partial charge < -0.3 is 0 Å². The van der Waals surface area contributed by atoms with Gasteiger partial charge in [0.2, 0.25) is 0 Å². The maximum atomic E-state index is 12.2. The van der Waals surface area contributed by atoms with Gasteiger partial charge in [-0.2, -0.15) is 0 Å². The number of aryl methyl sites for hydroxylation is 1. The summed E-state index contributed by atoms with van der Waals surface area (Å²) < 4.78 is 24.5. The highest BCUT2D eigenvalue weighted by Gasteiger charge is 2.22. The Morgan fingerprint density at radius 3 is 2.11 bits per heavy atom. The van der Waals surface area contributed by atoms with Gasteiger partial charge in [0.1, 0.15) is 0 Å². The molecule has 1 saturated heterocycles. The van der Waals surface area contributed by atoms with Crippen molar-refractivity contribution in [2.24, 2.45) is 0 Å². The molecule has 1 aliphatic heterocycles. The molecule has 0 spiro atoms. The van der Waals surface area contributed by atoms with Crippen LogP contribution in [0.25, 0.3) is 0 Å². The van der Waals surface area contributed by atoms with Crippen LogP contribution in [0.5, 0.6) is 0 Å². The summed E-state index contributed by atoms with van der Waals surface area (Å²) in [6, 6.07) is 8.59. The minimum absolute atomic E-state index is 0.0688. The van der Waals surface area contributed by atoms with Crippen molar-refractivity contribution in [3.05, 3.63) is 35.4 Å². The van der Waals surface area contributed by atoms with E-state index in [9.17, 15) is 8.78 Å². The number of hydrogen-bond acceptors (Lipinski definition) is 1.